The molecule has 3 aliphatic rings. The van der Waals surface area contributed by atoms with E-state index in [-0.39, 0.29) is 17.2 Å². The number of halogens is 3. The second-order valence-electron chi connectivity index (χ2n) is 7.64. The molecule has 1 amide bonds. The molecular formula is C19H23F3N2O2. The summed E-state index contributed by atoms with van der Waals surface area (Å²) in [5.41, 5.74) is -0.0469. The van der Waals surface area contributed by atoms with Crippen LogP contribution in [0.1, 0.15) is 36.5 Å². The molecule has 26 heavy (non-hydrogen) atoms. The first-order chi connectivity index (χ1) is 12.4. The van der Waals surface area contributed by atoms with E-state index in [0.717, 1.165) is 44.5 Å². The lowest BCUT2D eigenvalue weighted by Crippen LogP contribution is -2.44. The van der Waals surface area contributed by atoms with Gasteiger partial charge in [-0.15, -0.1) is 0 Å². The summed E-state index contributed by atoms with van der Waals surface area (Å²) in [5, 5.41) is 3.33. The molecule has 3 fully saturated rings. The van der Waals surface area contributed by atoms with Crippen molar-refractivity contribution in [3.8, 4) is 0 Å². The molecule has 2 atom stereocenters. The summed E-state index contributed by atoms with van der Waals surface area (Å²) < 4.78 is 44.5. The molecule has 1 spiro atoms. The Morgan fingerprint density at radius 2 is 2.04 bits per heavy atom. The lowest BCUT2D eigenvalue weighted by Gasteiger charge is -2.34. The first-order valence-corrected chi connectivity index (χ1v) is 9.17. The van der Waals surface area contributed by atoms with E-state index in [1.165, 1.54) is 6.07 Å². The van der Waals surface area contributed by atoms with E-state index in [2.05, 4.69) is 5.32 Å². The molecule has 0 radical (unpaired) electrons. The SMILES string of the molecule is O=C(C1CC12CCNCC2)N1CCOC(c2cccc(C(F)(F)F)c2)C1. The highest BCUT2D eigenvalue weighted by Crippen LogP contribution is 2.59. The number of nitrogens with one attached hydrogen (secondary N) is 1. The Balaban J connectivity index is 1.44. The van der Waals surface area contributed by atoms with Crippen molar-refractivity contribution in [2.45, 2.75) is 31.5 Å². The van der Waals surface area contributed by atoms with Crippen molar-refractivity contribution in [3.05, 3.63) is 35.4 Å². The maximum Gasteiger partial charge on any atom is 0.416 e. The molecule has 0 aromatic heterocycles. The summed E-state index contributed by atoms with van der Waals surface area (Å²) in [7, 11) is 0. The number of carbonyl (C=O) groups excluding carboxylic acids is 1. The van der Waals surface area contributed by atoms with Crippen LogP contribution in [0.5, 0.6) is 0 Å². The van der Waals surface area contributed by atoms with E-state index in [0.29, 0.717) is 25.3 Å². The van der Waals surface area contributed by atoms with Crippen molar-refractivity contribution in [1.82, 2.24) is 10.2 Å². The van der Waals surface area contributed by atoms with Gasteiger partial charge in [0.1, 0.15) is 6.10 Å². The number of alkyl halides is 3. The van der Waals surface area contributed by atoms with Gasteiger partial charge >= 0.3 is 6.18 Å². The fourth-order valence-electron chi connectivity index (χ4n) is 4.36. The highest BCUT2D eigenvalue weighted by molar-refractivity contribution is 5.83. The van der Waals surface area contributed by atoms with Gasteiger partial charge in [0, 0.05) is 12.5 Å². The van der Waals surface area contributed by atoms with Crippen LogP contribution in [0.3, 0.4) is 0 Å². The number of benzene rings is 1. The average Bonchev–Trinajstić information content (AvgIpc) is 3.34. The quantitative estimate of drug-likeness (QED) is 0.873. The Hall–Kier alpha value is -1.60. The van der Waals surface area contributed by atoms with Gasteiger partial charge in [-0.2, -0.15) is 13.2 Å². The van der Waals surface area contributed by atoms with E-state index in [1.54, 1.807) is 11.0 Å². The van der Waals surface area contributed by atoms with Crippen LogP contribution in [-0.4, -0.2) is 43.6 Å². The third kappa shape index (κ3) is 3.34. The minimum absolute atomic E-state index is 0.0739. The van der Waals surface area contributed by atoms with E-state index in [1.807, 2.05) is 0 Å². The van der Waals surface area contributed by atoms with Crippen molar-refractivity contribution < 1.29 is 22.7 Å². The minimum Gasteiger partial charge on any atom is -0.370 e. The predicted molar refractivity (Wildman–Crippen MR) is 89.4 cm³/mol. The predicted octanol–water partition coefficient (Wildman–Crippen LogP) is 3.00. The van der Waals surface area contributed by atoms with E-state index in [9.17, 15) is 18.0 Å². The lowest BCUT2D eigenvalue weighted by atomic mass is 9.91. The molecule has 142 valence electrons. The number of morpholine rings is 1. The Bertz CT molecular complexity index is 686. The summed E-state index contributed by atoms with van der Waals surface area (Å²) in [5.74, 6) is 0.219. The fourth-order valence-corrected chi connectivity index (χ4v) is 4.36. The largest absolute Gasteiger partial charge is 0.416 e. The topological polar surface area (TPSA) is 41.6 Å². The molecule has 7 heteroatoms. The monoisotopic (exact) mass is 368 g/mol. The second kappa shape index (κ2) is 6.53. The van der Waals surface area contributed by atoms with Crippen LogP contribution in [0.2, 0.25) is 0 Å². The summed E-state index contributed by atoms with van der Waals surface area (Å²) in [6, 6.07) is 5.22. The summed E-state index contributed by atoms with van der Waals surface area (Å²) in [4.78, 5) is 14.7. The van der Waals surface area contributed by atoms with Gasteiger partial charge in [0.2, 0.25) is 5.91 Å². The van der Waals surface area contributed by atoms with E-state index >= 15 is 0 Å². The minimum atomic E-state index is -4.38. The normalized spacial score (nSPS) is 28.2. The van der Waals surface area contributed by atoms with Crippen LogP contribution >= 0.6 is 0 Å². The van der Waals surface area contributed by atoms with E-state index in [4.69, 9.17) is 4.74 Å². The van der Waals surface area contributed by atoms with Gasteiger partial charge in [0.15, 0.2) is 0 Å². The molecule has 1 aromatic rings. The number of piperidine rings is 1. The maximum atomic E-state index is 12.9. The van der Waals surface area contributed by atoms with Crippen molar-refractivity contribution in [1.29, 1.82) is 0 Å². The lowest BCUT2D eigenvalue weighted by molar-refractivity contribution is -0.142. The number of nitrogens with zero attached hydrogens (tertiary/aromatic N) is 1. The van der Waals surface area contributed by atoms with Crippen LogP contribution in [0.4, 0.5) is 13.2 Å². The molecule has 1 aliphatic carbocycles. The highest BCUT2D eigenvalue weighted by atomic mass is 19.4. The zero-order valence-corrected chi connectivity index (χ0v) is 14.5. The molecule has 2 aliphatic heterocycles. The van der Waals surface area contributed by atoms with E-state index < -0.39 is 17.8 Å². The number of ether oxygens (including phenoxy) is 1. The summed E-state index contributed by atoms with van der Waals surface area (Å²) in [6.45, 7) is 3.11. The third-order valence-corrected chi connectivity index (χ3v) is 6.05. The Morgan fingerprint density at radius 3 is 2.77 bits per heavy atom. The second-order valence-corrected chi connectivity index (χ2v) is 7.64. The molecule has 0 bridgehead atoms. The molecular weight excluding hydrogens is 345 g/mol. The number of carbonyl (C=O) groups is 1. The van der Waals surface area contributed by atoms with Gasteiger partial charge in [-0.25, -0.2) is 0 Å². The maximum absolute atomic E-state index is 12.9. The molecule has 4 rings (SSSR count). The molecule has 2 heterocycles. The van der Waals surface area contributed by atoms with Gasteiger partial charge in [-0.3, -0.25) is 4.79 Å². The molecule has 1 aromatic carbocycles. The Kier molecular flexibility index (Phi) is 4.47. The summed E-state index contributed by atoms with van der Waals surface area (Å²) >= 11 is 0. The molecule has 1 N–H and O–H groups in total. The Labute approximate surface area is 150 Å². The third-order valence-electron chi connectivity index (χ3n) is 6.05. The standard InChI is InChI=1S/C19H23F3N2O2/c20-19(21,22)14-3-1-2-13(10-14)16-12-24(8-9-26-16)17(25)15-11-18(15)4-6-23-7-5-18/h1-3,10,15-16,23H,4-9,11-12H2. The van der Waals surface area contributed by atoms with Crippen LogP contribution in [0, 0.1) is 11.3 Å². The van der Waals surface area contributed by atoms with Gasteiger partial charge in [0.05, 0.1) is 18.7 Å². The smallest absolute Gasteiger partial charge is 0.370 e. The first-order valence-electron chi connectivity index (χ1n) is 9.17. The highest BCUT2D eigenvalue weighted by Gasteiger charge is 2.58. The van der Waals surface area contributed by atoms with Gasteiger partial charge < -0.3 is 15.0 Å². The van der Waals surface area contributed by atoms with Gasteiger partial charge in [0.25, 0.3) is 0 Å². The Morgan fingerprint density at radius 1 is 1.27 bits per heavy atom. The van der Waals surface area contributed by atoms with Crippen molar-refractivity contribution in [3.63, 3.8) is 0 Å². The summed E-state index contributed by atoms with van der Waals surface area (Å²) in [6.07, 6.45) is -1.87. The van der Waals surface area contributed by atoms with Crippen molar-refractivity contribution in [2.75, 3.05) is 32.8 Å². The van der Waals surface area contributed by atoms with Gasteiger partial charge in [-0.05, 0) is 55.5 Å². The van der Waals surface area contributed by atoms with Crippen LogP contribution in [0.15, 0.2) is 24.3 Å². The number of hydrogen-bond donors (Lipinski definition) is 1. The van der Waals surface area contributed by atoms with Crippen molar-refractivity contribution in [2.24, 2.45) is 11.3 Å². The number of amides is 1. The first kappa shape index (κ1) is 17.8. The zero-order chi connectivity index (χ0) is 18.4. The molecule has 2 unspecified atom stereocenters. The van der Waals surface area contributed by atoms with Gasteiger partial charge in [-0.1, -0.05) is 12.1 Å². The fraction of sp³-hybridized carbons (Fsp3) is 0.632. The number of rotatable bonds is 2. The zero-order valence-electron chi connectivity index (χ0n) is 14.5. The molecule has 2 saturated heterocycles. The number of hydrogen-bond acceptors (Lipinski definition) is 3. The van der Waals surface area contributed by atoms with Crippen LogP contribution in [-0.2, 0) is 15.7 Å². The van der Waals surface area contributed by atoms with Crippen molar-refractivity contribution >= 4 is 5.91 Å². The average molecular weight is 368 g/mol. The molecule has 4 nitrogen and oxygen atoms in total. The van der Waals surface area contributed by atoms with Crippen LogP contribution < -0.4 is 5.32 Å². The van der Waals surface area contributed by atoms with Crippen LogP contribution in [0.25, 0.3) is 0 Å². The molecule has 1 saturated carbocycles.